The highest BCUT2D eigenvalue weighted by atomic mass is 14.8. The Morgan fingerprint density at radius 1 is 0.292 bits per heavy atom. The number of pyridine rings is 6. The van der Waals surface area contributed by atoms with Crippen molar-refractivity contribution in [3.05, 3.63) is 142 Å². The van der Waals surface area contributed by atoms with Crippen molar-refractivity contribution in [3.63, 3.8) is 0 Å². The van der Waals surface area contributed by atoms with Gasteiger partial charge in [0.15, 0.2) is 0 Å². The Bertz CT molecular complexity index is 2280. The second-order valence-electron chi connectivity index (χ2n) is 12.4. The first-order valence-electron chi connectivity index (χ1n) is 16.2. The summed E-state index contributed by atoms with van der Waals surface area (Å²) < 4.78 is 0. The van der Waals surface area contributed by atoms with Crippen LogP contribution < -0.4 is 0 Å². The van der Waals surface area contributed by atoms with E-state index >= 15 is 0 Å². The van der Waals surface area contributed by atoms with Gasteiger partial charge in [-0.05, 0) is 115 Å². The molecule has 6 heterocycles. The Kier molecular flexibility index (Phi) is 9.17. The lowest BCUT2D eigenvalue weighted by atomic mass is 9.98. The van der Waals surface area contributed by atoms with Crippen LogP contribution in [0.4, 0.5) is 0 Å². The first-order chi connectivity index (χ1) is 23.1. The van der Waals surface area contributed by atoms with Crippen LogP contribution in [-0.2, 0) is 0 Å². The second-order valence-corrected chi connectivity index (χ2v) is 12.4. The molecule has 238 valence electrons. The minimum atomic E-state index is 0.939. The predicted molar refractivity (Wildman–Crippen MR) is 199 cm³/mol. The van der Waals surface area contributed by atoms with E-state index in [1.807, 2.05) is 90.1 Å². The molecule has 0 saturated carbocycles. The molecule has 0 atom stereocenters. The van der Waals surface area contributed by atoms with Crippen molar-refractivity contribution in [2.45, 2.75) is 55.4 Å². The molecule has 0 amide bonds. The van der Waals surface area contributed by atoms with E-state index in [1.165, 1.54) is 21.9 Å². The zero-order chi connectivity index (χ0) is 33.9. The summed E-state index contributed by atoms with van der Waals surface area (Å²) in [7, 11) is 0. The fraction of sp³-hybridized carbons (Fsp3) is 0.190. The molecule has 6 nitrogen and oxygen atoms in total. The molecule has 0 unspecified atom stereocenters. The summed E-state index contributed by atoms with van der Waals surface area (Å²) in [5.74, 6) is 0. The van der Waals surface area contributed by atoms with Gasteiger partial charge in [-0.25, -0.2) is 0 Å². The molecule has 2 aromatic carbocycles. The highest BCUT2D eigenvalue weighted by Crippen LogP contribution is 2.30. The zero-order valence-electron chi connectivity index (χ0n) is 28.9. The molecule has 6 aromatic heterocycles. The summed E-state index contributed by atoms with van der Waals surface area (Å²) in [5.41, 5.74) is 14.7. The molecule has 8 rings (SSSR count). The van der Waals surface area contributed by atoms with Crippen LogP contribution in [0.15, 0.2) is 97.1 Å². The normalized spacial score (nSPS) is 10.9. The van der Waals surface area contributed by atoms with Gasteiger partial charge in [-0.3, -0.25) is 29.9 Å². The van der Waals surface area contributed by atoms with Crippen LogP contribution in [0.3, 0.4) is 0 Å². The van der Waals surface area contributed by atoms with E-state index in [9.17, 15) is 0 Å². The van der Waals surface area contributed by atoms with Gasteiger partial charge in [-0.1, -0.05) is 48.5 Å². The smallest absolute Gasteiger partial charge is 0.0970 e. The standard InChI is InChI=1S/C16H16N2.C14H12N2.C12H12N2/c1-9-5-7-13-11(3)12(4)14-8-6-10(2)18-16(14)15(13)17-9;1-9-3-5-11-7-8-12-6-4-10(2)16-14(12)13(11)15-9;1-9-5-3-7-11(13-9)12-8-4-6-10(2)14-12/h5-8H,1-4H3;3-8H,1-2H3;3-8H,1-2H3. The molecule has 0 saturated heterocycles. The Labute approximate surface area is 282 Å². The summed E-state index contributed by atoms with van der Waals surface area (Å²) in [6.45, 7) is 16.4. The largest absolute Gasteiger partial charge is 0.251 e. The molecule has 48 heavy (non-hydrogen) atoms. The first-order valence-corrected chi connectivity index (χ1v) is 16.2. The first kappa shape index (κ1) is 32.3. The van der Waals surface area contributed by atoms with Crippen LogP contribution in [0.25, 0.3) is 55.0 Å². The summed E-state index contributed by atoms with van der Waals surface area (Å²) in [5, 5.41) is 4.72. The second kappa shape index (κ2) is 13.6. The summed E-state index contributed by atoms with van der Waals surface area (Å²) in [6, 6.07) is 32.8. The summed E-state index contributed by atoms with van der Waals surface area (Å²) in [6.07, 6.45) is 0. The topological polar surface area (TPSA) is 77.3 Å². The molecule has 0 spiro atoms. The monoisotopic (exact) mass is 628 g/mol. The highest BCUT2D eigenvalue weighted by Gasteiger charge is 2.11. The molecule has 0 radical (unpaired) electrons. The Morgan fingerprint density at radius 2 is 0.604 bits per heavy atom. The van der Waals surface area contributed by atoms with E-state index in [-0.39, 0.29) is 0 Å². The lowest BCUT2D eigenvalue weighted by Crippen LogP contribution is -1.95. The number of benzene rings is 2. The maximum Gasteiger partial charge on any atom is 0.0970 e. The van der Waals surface area contributed by atoms with Crippen molar-refractivity contribution in [2.24, 2.45) is 0 Å². The maximum atomic E-state index is 4.68. The number of fused-ring (bicyclic) bond motifs is 6. The Balaban J connectivity index is 0.000000126. The number of nitrogens with zero attached hydrogens (tertiary/aromatic N) is 6. The van der Waals surface area contributed by atoms with Crippen molar-refractivity contribution >= 4 is 43.6 Å². The molecule has 6 heteroatoms. The molecule has 8 aromatic rings. The Hall–Kier alpha value is -5.62. The molecule has 0 N–H and O–H groups in total. The number of hydrogen-bond donors (Lipinski definition) is 0. The van der Waals surface area contributed by atoms with Crippen LogP contribution >= 0.6 is 0 Å². The van der Waals surface area contributed by atoms with E-state index in [1.54, 1.807) is 0 Å². The van der Waals surface area contributed by atoms with Crippen molar-refractivity contribution in [3.8, 4) is 11.4 Å². The van der Waals surface area contributed by atoms with E-state index in [4.69, 9.17) is 0 Å². The van der Waals surface area contributed by atoms with Gasteiger partial charge in [0, 0.05) is 55.7 Å². The van der Waals surface area contributed by atoms with Gasteiger partial charge >= 0.3 is 0 Å². The predicted octanol–water partition coefficient (Wildman–Crippen LogP) is 10.2. The Morgan fingerprint density at radius 3 is 0.979 bits per heavy atom. The summed E-state index contributed by atoms with van der Waals surface area (Å²) >= 11 is 0. The van der Waals surface area contributed by atoms with E-state index < -0.39 is 0 Å². The van der Waals surface area contributed by atoms with Crippen molar-refractivity contribution in [1.82, 2.24) is 29.9 Å². The number of aromatic nitrogens is 6. The fourth-order valence-corrected chi connectivity index (χ4v) is 5.82. The van der Waals surface area contributed by atoms with Gasteiger partial charge in [0.05, 0.1) is 33.5 Å². The van der Waals surface area contributed by atoms with Crippen LogP contribution in [0.5, 0.6) is 0 Å². The minimum Gasteiger partial charge on any atom is -0.251 e. The van der Waals surface area contributed by atoms with Gasteiger partial charge in [0.2, 0.25) is 0 Å². The number of hydrogen-bond acceptors (Lipinski definition) is 6. The van der Waals surface area contributed by atoms with Crippen LogP contribution in [0.2, 0.25) is 0 Å². The zero-order valence-corrected chi connectivity index (χ0v) is 28.9. The third-order valence-corrected chi connectivity index (χ3v) is 8.50. The lowest BCUT2D eigenvalue weighted by molar-refractivity contribution is 1.15. The molecule has 0 aliphatic carbocycles. The van der Waals surface area contributed by atoms with E-state index in [0.717, 1.165) is 78.4 Å². The quantitative estimate of drug-likeness (QED) is 0.168. The van der Waals surface area contributed by atoms with Crippen LogP contribution in [0.1, 0.15) is 45.3 Å². The lowest BCUT2D eigenvalue weighted by Gasteiger charge is -2.11. The average Bonchev–Trinajstić information content (AvgIpc) is 3.08. The fourth-order valence-electron chi connectivity index (χ4n) is 5.82. The maximum absolute atomic E-state index is 4.68. The third-order valence-electron chi connectivity index (χ3n) is 8.50. The van der Waals surface area contributed by atoms with Gasteiger partial charge in [-0.15, -0.1) is 0 Å². The number of rotatable bonds is 1. The van der Waals surface area contributed by atoms with Crippen LogP contribution in [-0.4, -0.2) is 29.9 Å². The minimum absolute atomic E-state index is 0.939. The summed E-state index contributed by atoms with van der Waals surface area (Å²) in [4.78, 5) is 27.4. The molecule has 0 fully saturated rings. The van der Waals surface area contributed by atoms with Gasteiger partial charge in [0.25, 0.3) is 0 Å². The van der Waals surface area contributed by atoms with Crippen molar-refractivity contribution < 1.29 is 0 Å². The molecule has 0 aliphatic heterocycles. The van der Waals surface area contributed by atoms with Crippen LogP contribution in [0, 0.1) is 55.4 Å². The number of aryl methyl sites for hydroxylation is 8. The third kappa shape index (κ3) is 6.88. The molecule has 0 bridgehead atoms. The molecule has 0 aliphatic rings. The molecular formula is C42H40N6. The highest BCUT2D eigenvalue weighted by molar-refractivity contribution is 6.06. The van der Waals surface area contributed by atoms with Gasteiger partial charge in [-0.2, -0.15) is 0 Å². The van der Waals surface area contributed by atoms with Gasteiger partial charge in [0.1, 0.15) is 0 Å². The van der Waals surface area contributed by atoms with Gasteiger partial charge < -0.3 is 0 Å². The van der Waals surface area contributed by atoms with Crippen molar-refractivity contribution in [1.29, 1.82) is 0 Å². The average molecular weight is 629 g/mol. The van der Waals surface area contributed by atoms with E-state index in [2.05, 4.69) is 92.3 Å². The van der Waals surface area contributed by atoms with Crippen molar-refractivity contribution in [2.75, 3.05) is 0 Å². The molecular weight excluding hydrogens is 589 g/mol. The van der Waals surface area contributed by atoms with E-state index in [0.29, 0.717) is 0 Å². The SMILES string of the molecule is Cc1ccc2c(C)c(C)c3ccc(C)nc3c2n1.Cc1ccc2ccc3ccc(C)nc3c2n1.Cc1cccc(-c2cccc(C)n2)n1.